The first kappa shape index (κ1) is 20.2. The molecule has 136 valence electrons. The Hall–Kier alpha value is -2.08. The van der Waals surface area contributed by atoms with E-state index in [-0.39, 0.29) is 24.0 Å². The first-order chi connectivity index (χ1) is 12.2. The van der Waals surface area contributed by atoms with E-state index >= 15 is 0 Å². The summed E-state index contributed by atoms with van der Waals surface area (Å²) in [4.78, 5) is 0. The molecule has 1 heterocycles. The average molecular weight is 461 g/mol. The number of rotatable bonds is 6. The highest BCUT2D eigenvalue weighted by atomic mass is 127. The Kier molecular flexibility index (Phi) is 7.45. The van der Waals surface area contributed by atoms with Gasteiger partial charge < -0.3 is 33.5 Å². The Labute approximate surface area is 172 Å². The molecule has 4 heteroatoms. The molecule has 1 aromatic heterocycles. The third-order valence-corrected chi connectivity index (χ3v) is 4.13. The molecule has 3 aromatic rings. The van der Waals surface area contributed by atoms with Crippen molar-refractivity contribution in [2.24, 2.45) is 7.05 Å². The van der Waals surface area contributed by atoms with Crippen LogP contribution >= 0.6 is 0 Å². The molecule has 0 fully saturated rings. The molecule has 26 heavy (non-hydrogen) atoms. The summed E-state index contributed by atoms with van der Waals surface area (Å²) in [5, 5.41) is 1.24. The molecular formula is C22H24INO2. The monoisotopic (exact) mass is 461 g/mol. The van der Waals surface area contributed by atoms with Crippen LogP contribution in [-0.2, 0) is 7.05 Å². The van der Waals surface area contributed by atoms with E-state index in [0.717, 1.165) is 22.8 Å². The minimum absolute atomic E-state index is 0. The van der Waals surface area contributed by atoms with Gasteiger partial charge in [-0.05, 0) is 49.8 Å². The highest BCUT2D eigenvalue weighted by Gasteiger charge is 2.09. The predicted molar refractivity (Wildman–Crippen MR) is 103 cm³/mol. The molecule has 0 saturated heterocycles. The largest absolute Gasteiger partial charge is 1.00 e. The third kappa shape index (κ3) is 4.55. The van der Waals surface area contributed by atoms with Crippen LogP contribution in [0, 0.1) is 0 Å². The van der Waals surface area contributed by atoms with Crippen molar-refractivity contribution in [2.45, 2.75) is 13.8 Å². The van der Waals surface area contributed by atoms with Crippen LogP contribution in [0.15, 0.2) is 54.6 Å². The van der Waals surface area contributed by atoms with E-state index in [1.54, 1.807) is 0 Å². The van der Waals surface area contributed by atoms with Crippen molar-refractivity contribution in [3.05, 3.63) is 65.9 Å². The van der Waals surface area contributed by atoms with E-state index in [0.29, 0.717) is 13.2 Å². The topological polar surface area (TPSA) is 22.3 Å². The fourth-order valence-electron chi connectivity index (χ4n) is 2.88. The lowest BCUT2D eigenvalue weighted by atomic mass is 10.1. The number of para-hydroxylation sites is 1. The summed E-state index contributed by atoms with van der Waals surface area (Å²) in [6.45, 7) is 5.20. The number of pyridine rings is 1. The summed E-state index contributed by atoms with van der Waals surface area (Å²) in [6, 6.07) is 18.7. The molecule has 0 atom stereocenters. The summed E-state index contributed by atoms with van der Waals surface area (Å²) in [6.07, 6.45) is 4.22. The van der Waals surface area contributed by atoms with Gasteiger partial charge in [-0.25, -0.2) is 0 Å². The van der Waals surface area contributed by atoms with Crippen molar-refractivity contribution in [2.75, 3.05) is 13.2 Å². The number of nitrogens with zero attached hydrogens (tertiary/aromatic N) is 1. The number of hydrogen-bond donors (Lipinski definition) is 0. The van der Waals surface area contributed by atoms with Gasteiger partial charge in [0.05, 0.1) is 13.2 Å². The van der Waals surface area contributed by atoms with Crippen LogP contribution in [0.2, 0.25) is 0 Å². The zero-order valence-electron chi connectivity index (χ0n) is 15.4. The van der Waals surface area contributed by atoms with Crippen LogP contribution in [-0.4, -0.2) is 13.2 Å². The Morgan fingerprint density at radius 1 is 0.846 bits per heavy atom. The Morgan fingerprint density at radius 3 is 2.35 bits per heavy atom. The SMILES string of the molecule is CCOc1ccc(C=Cc2ccc3ccccc3[n+]2C)cc1OCC.[I-]. The maximum atomic E-state index is 5.70. The molecule has 3 nitrogen and oxygen atoms in total. The van der Waals surface area contributed by atoms with Crippen molar-refractivity contribution in [1.82, 2.24) is 0 Å². The summed E-state index contributed by atoms with van der Waals surface area (Å²) in [5.41, 5.74) is 3.44. The molecule has 0 bridgehead atoms. The molecule has 0 aliphatic heterocycles. The minimum atomic E-state index is 0. The van der Waals surface area contributed by atoms with Crippen LogP contribution in [0.5, 0.6) is 11.5 Å². The summed E-state index contributed by atoms with van der Waals surface area (Å²) in [7, 11) is 2.09. The lowest BCUT2D eigenvalue weighted by molar-refractivity contribution is -0.646. The van der Waals surface area contributed by atoms with Crippen LogP contribution in [0.4, 0.5) is 0 Å². The Balaban J connectivity index is 0.00000243. The second-order valence-corrected chi connectivity index (χ2v) is 5.78. The normalized spacial score (nSPS) is 10.7. The standard InChI is InChI=1S/C22H24NO2.HI/c1-4-24-21-15-11-17(16-22(21)25-5-2)10-13-19-14-12-18-8-6-7-9-20(18)23(19)3;/h6-16H,4-5H2,1-3H3;1H/q+1;/p-1. The fourth-order valence-corrected chi connectivity index (χ4v) is 2.88. The average Bonchev–Trinajstić information content (AvgIpc) is 2.64. The summed E-state index contributed by atoms with van der Waals surface area (Å²) in [5.74, 6) is 1.58. The molecule has 0 saturated carbocycles. The van der Waals surface area contributed by atoms with E-state index in [1.165, 1.54) is 10.9 Å². The number of aryl methyl sites for hydroxylation is 1. The Morgan fingerprint density at radius 2 is 1.58 bits per heavy atom. The van der Waals surface area contributed by atoms with Crippen LogP contribution in [0.1, 0.15) is 25.1 Å². The van der Waals surface area contributed by atoms with Gasteiger partial charge in [0.2, 0.25) is 11.2 Å². The van der Waals surface area contributed by atoms with Crippen molar-refractivity contribution in [3.8, 4) is 11.5 Å². The molecule has 0 aliphatic carbocycles. The van der Waals surface area contributed by atoms with Gasteiger partial charge in [0.15, 0.2) is 11.5 Å². The molecule has 0 N–H and O–H groups in total. The number of fused-ring (bicyclic) bond motifs is 1. The van der Waals surface area contributed by atoms with Gasteiger partial charge >= 0.3 is 0 Å². The van der Waals surface area contributed by atoms with Crippen molar-refractivity contribution < 1.29 is 38.0 Å². The van der Waals surface area contributed by atoms with E-state index in [2.05, 4.69) is 60.2 Å². The molecule has 0 spiro atoms. The molecule has 3 rings (SSSR count). The minimum Gasteiger partial charge on any atom is -1.00 e. The van der Waals surface area contributed by atoms with Crippen molar-refractivity contribution >= 4 is 23.1 Å². The van der Waals surface area contributed by atoms with Gasteiger partial charge in [-0.3, -0.25) is 0 Å². The summed E-state index contributed by atoms with van der Waals surface area (Å²) < 4.78 is 13.5. The number of hydrogen-bond acceptors (Lipinski definition) is 2. The quantitative estimate of drug-likeness (QED) is 0.412. The lowest BCUT2D eigenvalue weighted by Gasteiger charge is -2.11. The number of halogens is 1. The van der Waals surface area contributed by atoms with Crippen LogP contribution in [0.3, 0.4) is 0 Å². The third-order valence-electron chi connectivity index (χ3n) is 4.13. The first-order valence-corrected chi connectivity index (χ1v) is 8.68. The van der Waals surface area contributed by atoms with Crippen LogP contribution in [0.25, 0.3) is 23.1 Å². The number of aromatic nitrogens is 1. The lowest BCUT2D eigenvalue weighted by Crippen LogP contribution is -3.00. The molecule has 2 aromatic carbocycles. The fraction of sp³-hybridized carbons (Fsp3) is 0.227. The van der Waals surface area contributed by atoms with Gasteiger partial charge in [0.25, 0.3) is 0 Å². The smallest absolute Gasteiger partial charge is 0.212 e. The molecule has 0 radical (unpaired) electrons. The zero-order valence-corrected chi connectivity index (χ0v) is 17.6. The second-order valence-electron chi connectivity index (χ2n) is 5.78. The van der Waals surface area contributed by atoms with E-state index in [1.807, 2.05) is 32.0 Å². The van der Waals surface area contributed by atoms with Gasteiger partial charge in [-0.1, -0.05) is 18.2 Å². The second kappa shape index (κ2) is 9.57. The van der Waals surface area contributed by atoms with Crippen LogP contribution < -0.4 is 38.0 Å². The van der Waals surface area contributed by atoms with Gasteiger partial charge in [-0.2, -0.15) is 4.57 Å². The van der Waals surface area contributed by atoms with Gasteiger partial charge in [0.1, 0.15) is 7.05 Å². The molecular weight excluding hydrogens is 437 g/mol. The van der Waals surface area contributed by atoms with E-state index in [9.17, 15) is 0 Å². The van der Waals surface area contributed by atoms with E-state index < -0.39 is 0 Å². The molecule has 0 unspecified atom stereocenters. The maximum absolute atomic E-state index is 5.70. The maximum Gasteiger partial charge on any atom is 0.212 e. The van der Waals surface area contributed by atoms with Crippen molar-refractivity contribution in [1.29, 1.82) is 0 Å². The van der Waals surface area contributed by atoms with Crippen molar-refractivity contribution in [3.63, 3.8) is 0 Å². The Bertz CT molecular complexity index is 906. The van der Waals surface area contributed by atoms with E-state index in [4.69, 9.17) is 9.47 Å². The number of ether oxygens (including phenoxy) is 2. The van der Waals surface area contributed by atoms with Gasteiger partial charge in [0, 0.05) is 23.6 Å². The highest BCUT2D eigenvalue weighted by molar-refractivity contribution is 5.77. The van der Waals surface area contributed by atoms with Gasteiger partial charge in [-0.15, -0.1) is 0 Å². The molecule has 0 amide bonds. The predicted octanol–water partition coefficient (Wildman–Crippen LogP) is 1.64. The zero-order chi connectivity index (χ0) is 17.6. The summed E-state index contributed by atoms with van der Waals surface area (Å²) >= 11 is 0. The molecule has 0 aliphatic rings. The highest BCUT2D eigenvalue weighted by Crippen LogP contribution is 2.29. The first-order valence-electron chi connectivity index (χ1n) is 8.68. The number of benzene rings is 2.